The molecule has 0 heterocycles. The molecule has 2 N–H and O–H groups in total. The second-order valence-corrected chi connectivity index (χ2v) is 5.33. The minimum Gasteiger partial charge on any atom is -0.376 e. The lowest BCUT2D eigenvalue weighted by Crippen LogP contribution is -2.31. The lowest BCUT2D eigenvalue weighted by Gasteiger charge is -2.10. The van der Waals surface area contributed by atoms with Crippen LogP contribution in [0.25, 0.3) is 0 Å². The first-order valence-corrected chi connectivity index (χ1v) is 7.33. The van der Waals surface area contributed by atoms with Gasteiger partial charge in [-0.15, -0.1) is 0 Å². The normalized spacial score (nSPS) is 10.2. The third kappa shape index (κ3) is 5.12. The van der Waals surface area contributed by atoms with Gasteiger partial charge in [0, 0.05) is 17.3 Å². The Morgan fingerprint density at radius 3 is 2.67 bits per heavy atom. The Bertz CT molecular complexity index is 599. The summed E-state index contributed by atoms with van der Waals surface area (Å²) in [5, 5.41) is 6.67. The number of carbonyl (C=O) groups is 1. The molecule has 0 aliphatic rings. The van der Waals surface area contributed by atoms with Gasteiger partial charge in [0.15, 0.2) is 0 Å². The molecule has 0 spiro atoms. The number of hydrogen-bond donors (Lipinski definition) is 2. The van der Waals surface area contributed by atoms with Gasteiger partial charge in [-0.2, -0.15) is 0 Å². The number of hydrogen-bond acceptors (Lipinski definition) is 2. The first-order valence-electron chi connectivity index (χ1n) is 6.96. The van der Waals surface area contributed by atoms with Crippen molar-refractivity contribution in [2.24, 2.45) is 0 Å². The zero-order chi connectivity index (χ0) is 15.1. The zero-order valence-electron chi connectivity index (χ0n) is 12.0. The van der Waals surface area contributed by atoms with E-state index in [0.29, 0.717) is 11.6 Å². The molecule has 2 rings (SSSR count). The summed E-state index contributed by atoms with van der Waals surface area (Å²) in [6.07, 6.45) is 0.836. The second kappa shape index (κ2) is 7.70. The molecule has 3 nitrogen and oxygen atoms in total. The van der Waals surface area contributed by atoms with E-state index in [1.165, 1.54) is 5.56 Å². The van der Waals surface area contributed by atoms with E-state index >= 15 is 0 Å². The molecule has 110 valence electrons. The van der Waals surface area contributed by atoms with Crippen LogP contribution in [0, 0.1) is 6.92 Å². The maximum atomic E-state index is 11.8. The molecule has 0 aliphatic heterocycles. The highest BCUT2D eigenvalue weighted by molar-refractivity contribution is 6.30. The summed E-state index contributed by atoms with van der Waals surface area (Å²) >= 11 is 5.94. The van der Waals surface area contributed by atoms with Crippen LogP contribution in [0.4, 0.5) is 5.69 Å². The largest absolute Gasteiger partial charge is 0.376 e. The molecule has 0 atom stereocenters. The van der Waals surface area contributed by atoms with Gasteiger partial charge in [-0.3, -0.25) is 4.79 Å². The lowest BCUT2D eigenvalue weighted by molar-refractivity contribution is -0.119. The Morgan fingerprint density at radius 2 is 1.90 bits per heavy atom. The van der Waals surface area contributed by atoms with Gasteiger partial charge in [0.2, 0.25) is 5.91 Å². The fourth-order valence-electron chi connectivity index (χ4n) is 2.01. The van der Waals surface area contributed by atoms with Crippen LogP contribution in [0.1, 0.15) is 11.1 Å². The Morgan fingerprint density at radius 1 is 1.14 bits per heavy atom. The number of halogens is 1. The number of anilines is 1. The number of nitrogens with one attached hydrogen (secondary N) is 2. The molecule has 0 fully saturated rings. The third-order valence-electron chi connectivity index (χ3n) is 3.22. The number of rotatable bonds is 6. The second-order valence-electron chi connectivity index (χ2n) is 4.90. The predicted molar refractivity (Wildman–Crippen MR) is 87.8 cm³/mol. The number of amides is 1. The molecule has 21 heavy (non-hydrogen) atoms. The molecule has 0 unspecified atom stereocenters. The molecular weight excluding hydrogens is 284 g/mol. The van der Waals surface area contributed by atoms with Gasteiger partial charge < -0.3 is 10.6 Å². The van der Waals surface area contributed by atoms with E-state index in [2.05, 4.69) is 22.8 Å². The van der Waals surface area contributed by atoms with Crippen molar-refractivity contribution < 1.29 is 4.79 Å². The summed E-state index contributed by atoms with van der Waals surface area (Å²) in [7, 11) is 0. The first-order chi connectivity index (χ1) is 10.1. The van der Waals surface area contributed by atoms with E-state index in [4.69, 9.17) is 11.6 Å². The Balaban J connectivity index is 1.74. The average molecular weight is 303 g/mol. The summed E-state index contributed by atoms with van der Waals surface area (Å²) in [4.78, 5) is 11.8. The molecule has 1 amide bonds. The summed E-state index contributed by atoms with van der Waals surface area (Å²) in [6, 6.07) is 15.7. The van der Waals surface area contributed by atoms with Gasteiger partial charge in [0.25, 0.3) is 0 Å². The summed E-state index contributed by atoms with van der Waals surface area (Å²) in [5.41, 5.74) is 3.17. The van der Waals surface area contributed by atoms with Gasteiger partial charge in [-0.05, 0) is 36.6 Å². The van der Waals surface area contributed by atoms with Crippen LogP contribution in [-0.2, 0) is 11.2 Å². The first kappa shape index (κ1) is 15.4. The van der Waals surface area contributed by atoms with Crippen LogP contribution >= 0.6 is 11.6 Å². The molecule has 0 radical (unpaired) electrons. The molecule has 0 bridgehead atoms. The Labute approximate surface area is 130 Å². The predicted octanol–water partition coefficient (Wildman–Crippen LogP) is 3.42. The minimum atomic E-state index is -0.0229. The molecule has 2 aromatic rings. The highest BCUT2D eigenvalue weighted by atomic mass is 35.5. The third-order valence-corrected chi connectivity index (χ3v) is 3.45. The topological polar surface area (TPSA) is 41.1 Å². The number of carbonyl (C=O) groups excluding carboxylic acids is 1. The number of benzene rings is 2. The van der Waals surface area contributed by atoms with Gasteiger partial charge in [0.05, 0.1) is 6.54 Å². The van der Waals surface area contributed by atoms with Crippen LogP contribution < -0.4 is 10.6 Å². The van der Waals surface area contributed by atoms with Crippen molar-refractivity contribution >= 4 is 23.2 Å². The van der Waals surface area contributed by atoms with Crippen molar-refractivity contribution in [3.63, 3.8) is 0 Å². The quantitative estimate of drug-likeness (QED) is 0.858. The van der Waals surface area contributed by atoms with E-state index in [1.54, 1.807) is 0 Å². The minimum absolute atomic E-state index is 0.0229. The van der Waals surface area contributed by atoms with Crippen molar-refractivity contribution in [1.82, 2.24) is 5.32 Å². The monoisotopic (exact) mass is 302 g/mol. The fraction of sp³-hybridized carbons (Fsp3) is 0.235. The van der Waals surface area contributed by atoms with Gasteiger partial charge in [-0.1, -0.05) is 48.0 Å². The van der Waals surface area contributed by atoms with Crippen LogP contribution in [0.15, 0.2) is 48.5 Å². The molecule has 0 saturated heterocycles. The van der Waals surface area contributed by atoms with Crippen LogP contribution in [-0.4, -0.2) is 19.0 Å². The van der Waals surface area contributed by atoms with Gasteiger partial charge in [0.1, 0.15) is 0 Å². The molecule has 4 heteroatoms. The molecule has 0 saturated carbocycles. The summed E-state index contributed by atoms with van der Waals surface area (Å²) in [5.74, 6) is -0.0229. The SMILES string of the molecule is Cc1ccc(Cl)cc1NCC(=O)NCCc1ccccc1. The highest BCUT2D eigenvalue weighted by Crippen LogP contribution is 2.19. The summed E-state index contributed by atoms with van der Waals surface area (Å²) < 4.78 is 0. The van der Waals surface area contributed by atoms with Crippen LogP contribution in [0.5, 0.6) is 0 Å². The standard InChI is InChI=1S/C17H19ClN2O/c1-13-7-8-15(18)11-16(13)20-12-17(21)19-10-9-14-5-3-2-4-6-14/h2-8,11,20H,9-10,12H2,1H3,(H,19,21). The van der Waals surface area contributed by atoms with Crippen molar-refractivity contribution in [2.45, 2.75) is 13.3 Å². The van der Waals surface area contributed by atoms with Gasteiger partial charge in [-0.25, -0.2) is 0 Å². The Hall–Kier alpha value is -2.00. The Kier molecular flexibility index (Phi) is 5.64. The van der Waals surface area contributed by atoms with Crippen molar-refractivity contribution in [1.29, 1.82) is 0 Å². The maximum absolute atomic E-state index is 11.8. The van der Waals surface area contributed by atoms with Gasteiger partial charge >= 0.3 is 0 Å². The molecular formula is C17H19ClN2O. The maximum Gasteiger partial charge on any atom is 0.239 e. The molecule has 0 aromatic heterocycles. The van der Waals surface area contributed by atoms with E-state index in [0.717, 1.165) is 17.7 Å². The number of aryl methyl sites for hydroxylation is 1. The summed E-state index contributed by atoms with van der Waals surface area (Å²) in [6.45, 7) is 2.86. The lowest BCUT2D eigenvalue weighted by atomic mass is 10.1. The molecule has 2 aromatic carbocycles. The van der Waals surface area contributed by atoms with E-state index in [1.807, 2.05) is 43.3 Å². The molecule has 0 aliphatic carbocycles. The van der Waals surface area contributed by atoms with E-state index < -0.39 is 0 Å². The highest BCUT2D eigenvalue weighted by Gasteiger charge is 2.03. The van der Waals surface area contributed by atoms with Crippen molar-refractivity contribution in [3.05, 3.63) is 64.7 Å². The van der Waals surface area contributed by atoms with Crippen LogP contribution in [0.3, 0.4) is 0 Å². The van der Waals surface area contributed by atoms with E-state index in [9.17, 15) is 4.79 Å². The average Bonchev–Trinajstić information content (AvgIpc) is 2.49. The van der Waals surface area contributed by atoms with Crippen molar-refractivity contribution in [2.75, 3.05) is 18.4 Å². The van der Waals surface area contributed by atoms with E-state index in [-0.39, 0.29) is 12.5 Å². The van der Waals surface area contributed by atoms with Crippen LogP contribution in [0.2, 0.25) is 5.02 Å². The zero-order valence-corrected chi connectivity index (χ0v) is 12.8. The fourth-order valence-corrected chi connectivity index (χ4v) is 2.19. The smallest absolute Gasteiger partial charge is 0.239 e. The van der Waals surface area contributed by atoms with Crippen molar-refractivity contribution in [3.8, 4) is 0 Å².